The van der Waals surface area contributed by atoms with Crippen molar-refractivity contribution in [2.24, 2.45) is 0 Å². The number of hydrogen-bond acceptors (Lipinski definition) is 8. The summed E-state index contributed by atoms with van der Waals surface area (Å²) in [5.41, 5.74) is -1.85. The van der Waals surface area contributed by atoms with Gasteiger partial charge in [0.2, 0.25) is 0 Å². The quantitative estimate of drug-likeness (QED) is 0.119. The van der Waals surface area contributed by atoms with E-state index in [0.717, 1.165) is 10.8 Å². The predicted molar refractivity (Wildman–Crippen MR) is 104 cm³/mol. The summed E-state index contributed by atoms with van der Waals surface area (Å²) in [4.78, 5) is 89.5. The number of H-pyrrole nitrogens is 1. The number of hydrogen-bond donors (Lipinski definition) is 12. The van der Waals surface area contributed by atoms with Gasteiger partial charge in [-0.1, -0.05) is 5.92 Å². The maximum atomic E-state index is 13.8. The van der Waals surface area contributed by atoms with Gasteiger partial charge in [0.25, 0.3) is 5.56 Å². The molecule has 34 heavy (non-hydrogen) atoms. The fourth-order valence-electron chi connectivity index (χ4n) is 1.86. The molecule has 0 saturated carbocycles. The summed E-state index contributed by atoms with van der Waals surface area (Å²) in [6, 6.07) is 0. The molecular formula is C11H20FN2O17P3. The molecule has 23 heteroatoms. The fourth-order valence-corrected chi connectivity index (χ4v) is 1.86. The molecule has 198 valence electrons. The fraction of sp³-hybridized carbons (Fsp3) is 0.455. The Morgan fingerprint density at radius 2 is 1.38 bits per heavy atom. The number of aliphatic hydroxyl groups is 2. The summed E-state index contributed by atoms with van der Waals surface area (Å²) in [5.74, 6) is 2.04. The number of halogens is 1. The van der Waals surface area contributed by atoms with Crippen molar-refractivity contribution in [3.05, 3.63) is 32.6 Å². The van der Waals surface area contributed by atoms with Crippen LogP contribution in [-0.4, -0.2) is 88.8 Å². The van der Waals surface area contributed by atoms with Gasteiger partial charge in [-0.3, -0.25) is 14.3 Å². The number of terminal acetylenes is 1. The summed E-state index contributed by atoms with van der Waals surface area (Å²) in [6.07, 6.45) is -0.0400. The van der Waals surface area contributed by atoms with Gasteiger partial charge >= 0.3 is 29.2 Å². The van der Waals surface area contributed by atoms with E-state index in [0.29, 0.717) is 0 Å². The van der Waals surface area contributed by atoms with Crippen LogP contribution in [0.1, 0.15) is 11.8 Å². The molecule has 12 N–H and O–H groups in total. The van der Waals surface area contributed by atoms with Gasteiger partial charge in [-0.25, -0.2) is 22.9 Å². The molecule has 2 rings (SSSR count). The monoisotopic (exact) mass is 564 g/mol. The zero-order valence-electron chi connectivity index (χ0n) is 16.2. The molecule has 1 aromatic rings. The van der Waals surface area contributed by atoms with E-state index >= 15 is 0 Å². The third-order valence-corrected chi connectivity index (χ3v) is 2.87. The normalized spacial score (nSPS) is 22.1. The molecular weight excluding hydrogens is 544 g/mol. The van der Waals surface area contributed by atoms with Crippen LogP contribution >= 0.6 is 23.5 Å². The summed E-state index contributed by atoms with van der Waals surface area (Å²) in [7, 11) is -13.9. The smallest absolute Gasteiger partial charge is 0.394 e. The van der Waals surface area contributed by atoms with E-state index in [1.807, 2.05) is 10.9 Å². The number of phosphoric acid groups is 3. The van der Waals surface area contributed by atoms with E-state index in [9.17, 15) is 19.1 Å². The topological polar surface area (TPSA) is 338 Å². The van der Waals surface area contributed by atoms with Crippen molar-refractivity contribution >= 4 is 23.5 Å². The third kappa shape index (κ3) is 17.8. The Bertz CT molecular complexity index is 1010. The highest BCUT2D eigenvalue weighted by atomic mass is 31.2. The number of nitrogens with zero attached hydrogens (tertiary/aromatic N) is 1. The van der Waals surface area contributed by atoms with E-state index in [1.165, 1.54) is 0 Å². The number of nitrogens with one attached hydrogen (secondary N) is 1. The van der Waals surface area contributed by atoms with Crippen LogP contribution in [0.3, 0.4) is 0 Å². The van der Waals surface area contributed by atoms with E-state index in [-0.39, 0.29) is 5.56 Å². The molecule has 4 atom stereocenters. The lowest BCUT2D eigenvalue weighted by Crippen LogP contribution is -2.37. The van der Waals surface area contributed by atoms with Crippen LogP contribution < -0.4 is 11.2 Å². The van der Waals surface area contributed by atoms with Crippen molar-refractivity contribution in [1.82, 2.24) is 9.55 Å². The number of alkyl halides is 1. The maximum Gasteiger partial charge on any atom is 0.466 e. The van der Waals surface area contributed by atoms with Crippen LogP contribution in [0, 0.1) is 12.3 Å². The molecule has 0 aromatic carbocycles. The molecule has 1 unspecified atom stereocenters. The number of aromatic amines is 1. The Balaban J connectivity index is 0. The largest absolute Gasteiger partial charge is 0.466 e. The summed E-state index contributed by atoms with van der Waals surface area (Å²) in [5, 5.41) is 18.4. The maximum absolute atomic E-state index is 13.8. The second-order valence-corrected chi connectivity index (χ2v) is 8.66. The average molecular weight is 564 g/mol. The SMILES string of the molecule is C#Cc1cn([C@@H]2O[C@H](CO)[C@@H](O)C2F)c(=O)[nH]c1=O.O=P(O)(O)O.O=P(O)(O)O.O=P(O)(O)O. The number of aromatic nitrogens is 2. The first-order valence-corrected chi connectivity index (χ1v) is 12.4. The zero-order chi connectivity index (χ0) is 27.7. The van der Waals surface area contributed by atoms with Gasteiger partial charge in [-0.2, -0.15) is 0 Å². The zero-order valence-corrected chi connectivity index (χ0v) is 18.9. The van der Waals surface area contributed by atoms with Crippen LogP contribution in [0.4, 0.5) is 4.39 Å². The minimum absolute atomic E-state index is 0.169. The number of rotatable bonds is 2. The van der Waals surface area contributed by atoms with Gasteiger partial charge in [0.1, 0.15) is 17.8 Å². The molecule has 1 aromatic heterocycles. The predicted octanol–water partition coefficient (Wildman–Crippen LogP) is -4.68. The van der Waals surface area contributed by atoms with Crippen molar-refractivity contribution < 1.29 is 77.1 Å². The van der Waals surface area contributed by atoms with Crippen LogP contribution in [0.2, 0.25) is 0 Å². The van der Waals surface area contributed by atoms with Gasteiger partial charge in [-0.05, 0) is 0 Å². The Morgan fingerprint density at radius 3 is 1.68 bits per heavy atom. The molecule has 2 heterocycles. The summed E-state index contributed by atoms with van der Waals surface area (Å²) < 4.78 is 46.3. The second-order valence-electron chi connectivity index (χ2n) is 5.58. The Hall–Kier alpha value is -1.62. The van der Waals surface area contributed by atoms with Crippen LogP contribution in [0.25, 0.3) is 0 Å². The molecule has 0 bridgehead atoms. The van der Waals surface area contributed by atoms with Crippen molar-refractivity contribution in [2.75, 3.05) is 6.61 Å². The first-order valence-electron chi connectivity index (χ1n) is 7.75. The molecule has 1 fully saturated rings. The highest BCUT2D eigenvalue weighted by Gasteiger charge is 2.45. The highest BCUT2D eigenvalue weighted by Crippen LogP contribution is 2.30. The average Bonchev–Trinajstić information content (AvgIpc) is 2.86. The van der Waals surface area contributed by atoms with Gasteiger partial charge < -0.3 is 59.0 Å². The second kappa shape index (κ2) is 14.1. The molecule has 0 amide bonds. The molecule has 1 saturated heterocycles. The van der Waals surface area contributed by atoms with Crippen LogP contribution in [0.5, 0.6) is 0 Å². The lowest BCUT2D eigenvalue weighted by Gasteiger charge is -2.15. The number of aliphatic hydroxyl groups excluding tert-OH is 2. The lowest BCUT2D eigenvalue weighted by atomic mass is 10.1. The highest BCUT2D eigenvalue weighted by molar-refractivity contribution is 7.45. The molecule has 1 aliphatic rings. The van der Waals surface area contributed by atoms with Crippen molar-refractivity contribution in [1.29, 1.82) is 0 Å². The first kappa shape index (κ1) is 34.5. The minimum atomic E-state index is -4.64. The minimum Gasteiger partial charge on any atom is -0.394 e. The van der Waals surface area contributed by atoms with Crippen LogP contribution in [-0.2, 0) is 18.4 Å². The molecule has 19 nitrogen and oxygen atoms in total. The Labute approximate surface area is 187 Å². The van der Waals surface area contributed by atoms with Crippen molar-refractivity contribution in [3.63, 3.8) is 0 Å². The molecule has 1 aliphatic heterocycles. The van der Waals surface area contributed by atoms with E-state index < -0.39 is 65.9 Å². The van der Waals surface area contributed by atoms with Gasteiger partial charge in [-0.15, -0.1) is 6.42 Å². The molecule has 0 radical (unpaired) electrons. The van der Waals surface area contributed by atoms with Crippen molar-refractivity contribution in [3.8, 4) is 12.3 Å². The first-order chi connectivity index (χ1) is 15.0. The van der Waals surface area contributed by atoms with Gasteiger partial charge in [0, 0.05) is 6.20 Å². The van der Waals surface area contributed by atoms with Gasteiger partial charge in [0.15, 0.2) is 12.4 Å². The third-order valence-electron chi connectivity index (χ3n) is 2.87. The Kier molecular flexibility index (Phi) is 14.3. The Morgan fingerprint density at radius 1 is 1.00 bits per heavy atom. The molecule has 0 spiro atoms. The van der Waals surface area contributed by atoms with E-state index in [2.05, 4.69) is 0 Å². The van der Waals surface area contributed by atoms with E-state index in [1.54, 1.807) is 0 Å². The summed E-state index contributed by atoms with van der Waals surface area (Å²) in [6.45, 7) is -0.599. The van der Waals surface area contributed by atoms with Crippen molar-refractivity contribution in [2.45, 2.75) is 24.6 Å². The van der Waals surface area contributed by atoms with E-state index in [4.69, 9.17) is 74.0 Å². The number of ether oxygens (including phenoxy) is 1. The summed E-state index contributed by atoms with van der Waals surface area (Å²) >= 11 is 0. The lowest BCUT2D eigenvalue weighted by molar-refractivity contribution is -0.0491. The molecule has 0 aliphatic carbocycles. The van der Waals surface area contributed by atoms with Crippen LogP contribution in [0.15, 0.2) is 15.8 Å². The van der Waals surface area contributed by atoms with Gasteiger partial charge in [0.05, 0.1) is 6.61 Å². The standard InChI is InChI=1S/C11H11FN2O5.3H3O4P/c1-2-5-3-14(11(18)13-9(5)17)10-7(12)8(16)6(4-15)19-10;3*1-5(2,3)4/h1,3,6-8,10,15-16H,4H2,(H,13,17,18);3*(H3,1,2,3,4)/t6-,7?,8-,10-;;;/m1.../s1.